The molecule has 0 radical (unpaired) electrons. The minimum absolute atomic E-state index is 0.214. The van der Waals surface area contributed by atoms with Crippen LogP contribution in [-0.2, 0) is 11.3 Å². The van der Waals surface area contributed by atoms with Crippen LogP contribution in [0.4, 0.5) is 0 Å². The molecule has 1 aromatic heterocycles. The average Bonchev–Trinajstić information content (AvgIpc) is 3.34. The Hall–Kier alpha value is -2.11. The van der Waals surface area contributed by atoms with Gasteiger partial charge in [-0.05, 0) is 31.4 Å². The van der Waals surface area contributed by atoms with Crippen LogP contribution in [0.25, 0.3) is 0 Å². The summed E-state index contributed by atoms with van der Waals surface area (Å²) in [6.45, 7) is 4.72. The summed E-state index contributed by atoms with van der Waals surface area (Å²) < 4.78 is 0. The summed E-state index contributed by atoms with van der Waals surface area (Å²) in [5.74, 6) is 0.986. The zero-order chi connectivity index (χ0) is 15.5. The molecule has 1 aromatic rings. The fraction of sp³-hybridized carbons (Fsp3) is 0.562. The minimum Gasteiger partial charge on any atom is -0.351 e. The van der Waals surface area contributed by atoms with Crippen LogP contribution >= 0.6 is 0 Å². The maximum Gasteiger partial charge on any atom is 0.242 e. The molecular weight excluding hydrogens is 278 g/mol. The van der Waals surface area contributed by atoms with E-state index < -0.39 is 0 Å². The Morgan fingerprint density at radius 2 is 2.27 bits per heavy atom. The third-order valence-corrected chi connectivity index (χ3v) is 4.29. The maximum atomic E-state index is 12.2. The van der Waals surface area contributed by atoms with Crippen molar-refractivity contribution < 1.29 is 4.79 Å². The Labute approximate surface area is 131 Å². The number of aromatic nitrogens is 1. The summed E-state index contributed by atoms with van der Waals surface area (Å²) in [4.78, 5) is 25.0. The van der Waals surface area contributed by atoms with Crippen LogP contribution in [0.1, 0.15) is 24.1 Å². The van der Waals surface area contributed by atoms with E-state index >= 15 is 0 Å². The van der Waals surface area contributed by atoms with Gasteiger partial charge in [0.15, 0.2) is 5.96 Å². The first kappa shape index (κ1) is 14.8. The van der Waals surface area contributed by atoms with Gasteiger partial charge in [-0.3, -0.25) is 14.8 Å². The number of pyridine rings is 1. The number of carbonyl (C=O) groups is 1. The predicted molar refractivity (Wildman–Crippen MR) is 85.5 cm³/mol. The molecule has 2 aliphatic rings. The van der Waals surface area contributed by atoms with Crippen molar-refractivity contribution in [2.75, 3.05) is 26.7 Å². The fourth-order valence-electron chi connectivity index (χ4n) is 2.84. The van der Waals surface area contributed by atoms with E-state index in [1.807, 2.05) is 28.9 Å². The molecule has 0 aromatic carbocycles. The van der Waals surface area contributed by atoms with Gasteiger partial charge in [0, 0.05) is 32.4 Å². The summed E-state index contributed by atoms with van der Waals surface area (Å²) in [6, 6.07) is 4.48. The minimum atomic E-state index is 0.214. The summed E-state index contributed by atoms with van der Waals surface area (Å²) >= 11 is 0. The van der Waals surface area contributed by atoms with Crippen LogP contribution in [0.5, 0.6) is 0 Å². The van der Waals surface area contributed by atoms with Gasteiger partial charge in [-0.2, -0.15) is 0 Å². The van der Waals surface area contributed by atoms with Gasteiger partial charge in [-0.25, -0.2) is 0 Å². The number of amides is 1. The van der Waals surface area contributed by atoms with E-state index in [0.717, 1.165) is 43.1 Å². The lowest BCUT2D eigenvalue weighted by molar-refractivity contribution is -0.135. The number of piperazine rings is 1. The second kappa shape index (κ2) is 6.34. The molecule has 0 spiro atoms. The second-order valence-electron chi connectivity index (χ2n) is 5.91. The van der Waals surface area contributed by atoms with E-state index in [1.54, 1.807) is 13.2 Å². The summed E-state index contributed by atoms with van der Waals surface area (Å²) in [5, 5.41) is 3.32. The molecule has 6 nitrogen and oxygen atoms in total. The van der Waals surface area contributed by atoms with Crippen LogP contribution in [-0.4, -0.2) is 59.4 Å². The van der Waals surface area contributed by atoms with E-state index in [-0.39, 0.29) is 5.91 Å². The SMILES string of the molecule is CN=C(NCc1ncccc1C)N1CCN(C2CC2)C(=O)C1. The number of carbonyl (C=O) groups excluding carboxylic acids is 1. The van der Waals surface area contributed by atoms with Crippen molar-refractivity contribution in [2.45, 2.75) is 32.4 Å². The molecular formula is C16H23N5O. The zero-order valence-electron chi connectivity index (χ0n) is 13.2. The highest BCUT2D eigenvalue weighted by Crippen LogP contribution is 2.28. The van der Waals surface area contributed by atoms with Crippen molar-refractivity contribution in [2.24, 2.45) is 4.99 Å². The molecule has 2 fully saturated rings. The molecule has 1 amide bonds. The molecule has 3 rings (SSSR count). The van der Waals surface area contributed by atoms with E-state index in [0.29, 0.717) is 19.1 Å². The standard InChI is InChI=1S/C16H23N5O/c1-12-4-3-7-18-14(12)10-19-16(17-2)20-8-9-21(13-5-6-13)15(22)11-20/h3-4,7,13H,5-6,8-11H2,1-2H3,(H,17,19). The molecule has 6 heteroatoms. The van der Waals surface area contributed by atoms with Gasteiger partial charge in [0.1, 0.15) is 0 Å². The van der Waals surface area contributed by atoms with Crippen molar-refractivity contribution in [3.05, 3.63) is 29.6 Å². The number of hydrogen-bond acceptors (Lipinski definition) is 3. The Morgan fingerprint density at radius 3 is 2.91 bits per heavy atom. The third-order valence-electron chi connectivity index (χ3n) is 4.29. The van der Waals surface area contributed by atoms with Gasteiger partial charge in [-0.1, -0.05) is 6.07 Å². The predicted octanol–water partition coefficient (Wildman–Crippen LogP) is 0.772. The zero-order valence-corrected chi connectivity index (χ0v) is 13.2. The highest BCUT2D eigenvalue weighted by Gasteiger charge is 2.36. The smallest absolute Gasteiger partial charge is 0.242 e. The lowest BCUT2D eigenvalue weighted by Crippen LogP contribution is -2.55. The van der Waals surface area contributed by atoms with Crippen LogP contribution in [0.3, 0.4) is 0 Å². The van der Waals surface area contributed by atoms with Gasteiger partial charge >= 0.3 is 0 Å². The molecule has 1 aliphatic carbocycles. The Bertz CT molecular complexity index is 582. The topological polar surface area (TPSA) is 60.8 Å². The normalized spacial score (nSPS) is 19.5. The number of hydrogen-bond donors (Lipinski definition) is 1. The quantitative estimate of drug-likeness (QED) is 0.662. The van der Waals surface area contributed by atoms with Gasteiger partial charge in [0.2, 0.25) is 5.91 Å². The van der Waals surface area contributed by atoms with Gasteiger partial charge < -0.3 is 15.1 Å². The summed E-state index contributed by atoms with van der Waals surface area (Å²) in [5.41, 5.74) is 2.16. The fourth-order valence-corrected chi connectivity index (χ4v) is 2.84. The molecule has 0 unspecified atom stereocenters. The molecule has 1 aliphatic heterocycles. The van der Waals surface area contributed by atoms with E-state index in [4.69, 9.17) is 0 Å². The molecule has 1 saturated carbocycles. The first-order valence-electron chi connectivity index (χ1n) is 7.84. The molecule has 1 saturated heterocycles. The highest BCUT2D eigenvalue weighted by molar-refractivity contribution is 5.87. The van der Waals surface area contributed by atoms with Crippen molar-refractivity contribution in [1.82, 2.24) is 20.1 Å². The number of guanidine groups is 1. The average molecular weight is 301 g/mol. The lowest BCUT2D eigenvalue weighted by atomic mass is 10.2. The lowest BCUT2D eigenvalue weighted by Gasteiger charge is -2.36. The number of nitrogens with one attached hydrogen (secondary N) is 1. The Kier molecular flexibility index (Phi) is 4.27. The van der Waals surface area contributed by atoms with Crippen molar-refractivity contribution in [3.63, 3.8) is 0 Å². The number of nitrogens with zero attached hydrogens (tertiary/aromatic N) is 4. The Morgan fingerprint density at radius 1 is 1.45 bits per heavy atom. The molecule has 2 heterocycles. The van der Waals surface area contributed by atoms with E-state index in [2.05, 4.69) is 15.3 Å². The monoisotopic (exact) mass is 301 g/mol. The van der Waals surface area contributed by atoms with Crippen LogP contribution in [0.15, 0.2) is 23.3 Å². The highest BCUT2D eigenvalue weighted by atomic mass is 16.2. The number of rotatable bonds is 3. The summed E-state index contributed by atoms with van der Waals surface area (Å²) in [6.07, 6.45) is 4.13. The van der Waals surface area contributed by atoms with E-state index in [1.165, 1.54) is 0 Å². The van der Waals surface area contributed by atoms with Gasteiger partial charge in [0.25, 0.3) is 0 Å². The second-order valence-corrected chi connectivity index (χ2v) is 5.91. The van der Waals surface area contributed by atoms with Crippen LogP contribution < -0.4 is 5.32 Å². The molecule has 22 heavy (non-hydrogen) atoms. The van der Waals surface area contributed by atoms with Gasteiger partial charge in [-0.15, -0.1) is 0 Å². The Balaban J connectivity index is 1.58. The van der Waals surface area contributed by atoms with Crippen LogP contribution in [0, 0.1) is 6.92 Å². The first-order chi connectivity index (χ1) is 10.7. The molecule has 118 valence electrons. The largest absolute Gasteiger partial charge is 0.351 e. The number of aliphatic imine (C=N–C) groups is 1. The van der Waals surface area contributed by atoms with Crippen molar-refractivity contribution in [1.29, 1.82) is 0 Å². The van der Waals surface area contributed by atoms with Gasteiger partial charge in [0.05, 0.1) is 18.8 Å². The van der Waals surface area contributed by atoms with Crippen molar-refractivity contribution >= 4 is 11.9 Å². The molecule has 1 N–H and O–H groups in total. The van der Waals surface area contributed by atoms with Crippen LogP contribution in [0.2, 0.25) is 0 Å². The third kappa shape index (κ3) is 3.21. The number of aryl methyl sites for hydroxylation is 1. The summed E-state index contributed by atoms with van der Waals surface area (Å²) in [7, 11) is 1.76. The molecule has 0 bridgehead atoms. The van der Waals surface area contributed by atoms with E-state index in [9.17, 15) is 4.79 Å². The molecule has 0 atom stereocenters. The maximum absolute atomic E-state index is 12.2. The first-order valence-corrected chi connectivity index (χ1v) is 7.84. The van der Waals surface area contributed by atoms with Crippen molar-refractivity contribution in [3.8, 4) is 0 Å².